The molecule has 0 bridgehead atoms. The van der Waals surface area contributed by atoms with E-state index in [0.717, 1.165) is 22.0 Å². The number of pyridine rings is 1. The molecule has 0 spiro atoms. The molecule has 0 aliphatic carbocycles. The summed E-state index contributed by atoms with van der Waals surface area (Å²) in [5.74, 6) is 2.02. The maximum Gasteiger partial charge on any atom is 0.231 e. The molecule has 5 rings (SSSR count). The third-order valence-electron chi connectivity index (χ3n) is 6.03. The molecule has 1 fully saturated rings. The van der Waals surface area contributed by atoms with E-state index >= 15 is 0 Å². The van der Waals surface area contributed by atoms with Crippen LogP contribution < -0.4 is 18.9 Å². The van der Waals surface area contributed by atoms with E-state index in [0.29, 0.717) is 23.7 Å². The molecular weight excluding hydrogens is 446 g/mol. The van der Waals surface area contributed by atoms with Crippen molar-refractivity contribution in [3.8, 4) is 23.0 Å². The highest BCUT2D eigenvalue weighted by Gasteiger charge is 2.45. The van der Waals surface area contributed by atoms with E-state index < -0.39 is 37.3 Å². The Kier molecular flexibility index (Phi) is 6.15. The number of hydrogen-bond acceptors (Lipinski definition) is 10. The molecule has 10 heteroatoms. The molecule has 4 N–H and O–H groups in total. The summed E-state index contributed by atoms with van der Waals surface area (Å²) < 4.78 is 27.7. The van der Waals surface area contributed by atoms with Crippen molar-refractivity contribution in [2.24, 2.45) is 0 Å². The Balaban J connectivity index is 1.47. The summed E-state index contributed by atoms with van der Waals surface area (Å²) in [6, 6.07) is 11.1. The van der Waals surface area contributed by atoms with Crippen LogP contribution >= 0.6 is 0 Å². The highest BCUT2D eigenvalue weighted by atomic mass is 16.7. The van der Waals surface area contributed by atoms with E-state index in [9.17, 15) is 20.4 Å². The zero-order valence-electron chi connectivity index (χ0n) is 18.3. The van der Waals surface area contributed by atoms with Crippen LogP contribution in [0.3, 0.4) is 0 Å². The second-order valence-electron chi connectivity index (χ2n) is 8.16. The molecule has 180 valence electrons. The molecule has 3 aromatic rings. The lowest BCUT2D eigenvalue weighted by molar-refractivity contribution is -0.277. The zero-order valence-corrected chi connectivity index (χ0v) is 18.3. The fourth-order valence-corrected chi connectivity index (χ4v) is 4.17. The summed E-state index contributed by atoms with van der Waals surface area (Å²) in [7, 11) is 1.48. The largest absolute Gasteiger partial charge is 0.493 e. The first-order chi connectivity index (χ1) is 16.5. The predicted octanol–water partition coefficient (Wildman–Crippen LogP) is 0.742. The van der Waals surface area contributed by atoms with E-state index in [2.05, 4.69) is 4.98 Å². The van der Waals surface area contributed by atoms with Crippen LogP contribution in [0.5, 0.6) is 23.0 Å². The number of methoxy groups -OCH3 is 1. The molecule has 2 aliphatic rings. The topological polar surface area (TPSA) is 140 Å². The molecule has 0 unspecified atom stereocenters. The monoisotopic (exact) mass is 471 g/mol. The number of aromatic nitrogens is 1. The Bertz CT molecular complexity index is 1180. The zero-order chi connectivity index (χ0) is 23.8. The lowest BCUT2D eigenvalue weighted by Crippen LogP contribution is -2.60. The van der Waals surface area contributed by atoms with Crippen molar-refractivity contribution in [1.82, 2.24) is 4.98 Å². The second-order valence-corrected chi connectivity index (χ2v) is 8.16. The molecule has 0 amide bonds. The summed E-state index contributed by atoms with van der Waals surface area (Å²) >= 11 is 0. The lowest BCUT2D eigenvalue weighted by Gasteiger charge is -2.39. The van der Waals surface area contributed by atoms with Crippen molar-refractivity contribution in [2.45, 2.75) is 37.1 Å². The molecule has 34 heavy (non-hydrogen) atoms. The highest BCUT2D eigenvalue weighted by molar-refractivity contribution is 5.88. The summed E-state index contributed by atoms with van der Waals surface area (Å²) in [5.41, 5.74) is 1.76. The number of fused-ring (bicyclic) bond motifs is 2. The van der Waals surface area contributed by atoms with Crippen LogP contribution in [0.15, 0.2) is 42.6 Å². The molecular formula is C24H25NO9. The van der Waals surface area contributed by atoms with E-state index in [1.165, 1.54) is 7.11 Å². The molecule has 1 aromatic heterocycles. The third-order valence-corrected chi connectivity index (χ3v) is 6.03. The smallest absolute Gasteiger partial charge is 0.231 e. The van der Waals surface area contributed by atoms with Gasteiger partial charge in [0.1, 0.15) is 24.4 Å². The Morgan fingerprint density at radius 3 is 2.59 bits per heavy atom. The van der Waals surface area contributed by atoms with Gasteiger partial charge in [-0.15, -0.1) is 0 Å². The van der Waals surface area contributed by atoms with Gasteiger partial charge in [-0.05, 0) is 41.3 Å². The first-order valence-corrected chi connectivity index (χ1v) is 10.8. The van der Waals surface area contributed by atoms with Crippen molar-refractivity contribution in [1.29, 1.82) is 0 Å². The van der Waals surface area contributed by atoms with Gasteiger partial charge < -0.3 is 44.1 Å². The van der Waals surface area contributed by atoms with Crippen LogP contribution in [0.1, 0.15) is 11.3 Å². The fraction of sp³-hybridized carbons (Fsp3) is 0.375. The Labute approximate surface area is 194 Å². The number of hydrogen-bond donors (Lipinski definition) is 4. The molecule has 5 atom stereocenters. The SMILES string of the molecule is COc1cc2ccnc(Cc3ccc4c(c3)OCO4)c2cc1O[C@H]1O[C@H](CO)[C@H](O)[C@@H](O)[C@H]1O. The minimum absolute atomic E-state index is 0.198. The summed E-state index contributed by atoms with van der Waals surface area (Å²) in [6.07, 6.45) is -4.77. The van der Waals surface area contributed by atoms with Gasteiger partial charge in [0.05, 0.1) is 19.4 Å². The Hall–Kier alpha value is -3.15. The number of nitrogens with zero attached hydrogens (tertiary/aromatic N) is 1. The molecule has 0 saturated carbocycles. The average Bonchev–Trinajstić information content (AvgIpc) is 3.32. The van der Waals surface area contributed by atoms with Crippen LogP contribution in [-0.4, -0.2) is 76.6 Å². The van der Waals surface area contributed by atoms with E-state index in [4.69, 9.17) is 23.7 Å². The number of aliphatic hydroxyl groups is 4. The quantitative estimate of drug-likeness (QED) is 0.407. The minimum atomic E-state index is -1.55. The summed E-state index contributed by atoms with van der Waals surface area (Å²) in [5, 5.41) is 41.6. The molecule has 10 nitrogen and oxygen atoms in total. The normalized spacial score (nSPS) is 26.0. The Morgan fingerprint density at radius 1 is 0.971 bits per heavy atom. The van der Waals surface area contributed by atoms with Crippen molar-refractivity contribution >= 4 is 10.8 Å². The predicted molar refractivity (Wildman–Crippen MR) is 118 cm³/mol. The summed E-state index contributed by atoms with van der Waals surface area (Å²) in [4.78, 5) is 4.55. The third kappa shape index (κ3) is 4.10. The van der Waals surface area contributed by atoms with E-state index in [-0.39, 0.29) is 12.5 Å². The van der Waals surface area contributed by atoms with Crippen LogP contribution in [0.4, 0.5) is 0 Å². The van der Waals surface area contributed by atoms with Crippen LogP contribution in [0, 0.1) is 0 Å². The van der Waals surface area contributed by atoms with Gasteiger partial charge in [0.2, 0.25) is 13.1 Å². The van der Waals surface area contributed by atoms with Gasteiger partial charge in [-0.25, -0.2) is 0 Å². The number of benzene rings is 2. The van der Waals surface area contributed by atoms with Gasteiger partial charge >= 0.3 is 0 Å². The van der Waals surface area contributed by atoms with E-state index in [1.807, 2.05) is 24.3 Å². The standard InChI is InChI=1S/C24H25NO9/c1-30-17-8-13-4-5-25-15(6-12-2-3-16-18(7-12)32-11-31-16)14(13)9-19(17)33-24-23(29)22(28)21(27)20(10-26)34-24/h2-5,7-9,20-24,26-29H,6,10-11H2,1H3/t20-,21+,22-,23-,24+/m1/s1. The molecule has 1 saturated heterocycles. The maximum absolute atomic E-state index is 10.4. The number of rotatable bonds is 6. The van der Waals surface area contributed by atoms with Gasteiger partial charge in [0.25, 0.3) is 0 Å². The number of ether oxygens (including phenoxy) is 5. The lowest BCUT2D eigenvalue weighted by atomic mass is 9.99. The van der Waals surface area contributed by atoms with Crippen molar-refractivity contribution < 1.29 is 44.1 Å². The van der Waals surface area contributed by atoms with Crippen LogP contribution in [-0.2, 0) is 11.2 Å². The minimum Gasteiger partial charge on any atom is -0.493 e. The first kappa shape index (κ1) is 22.6. The molecule has 3 heterocycles. The van der Waals surface area contributed by atoms with Crippen LogP contribution in [0.2, 0.25) is 0 Å². The van der Waals surface area contributed by atoms with Crippen molar-refractivity contribution in [2.75, 3.05) is 20.5 Å². The van der Waals surface area contributed by atoms with E-state index in [1.54, 1.807) is 18.3 Å². The molecule has 2 aromatic carbocycles. The molecule has 2 aliphatic heterocycles. The Morgan fingerprint density at radius 2 is 1.79 bits per heavy atom. The van der Waals surface area contributed by atoms with Gasteiger partial charge in [0, 0.05) is 18.0 Å². The first-order valence-electron chi connectivity index (χ1n) is 10.8. The number of aliphatic hydroxyl groups excluding tert-OH is 4. The van der Waals surface area contributed by atoms with Gasteiger partial charge in [-0.3, -0.25) is 4.98 Å². The average molecular weight is 471 g/mol. The van der Waals surface area contributed by atoms with Crippen LogP contribution in [0.25, 0.3) is 10.8 Å². The van der Waals surface area contributed by atoms with Crippen molar-refractivity contribution in [3.63, 3.8) is 0 Å². The van der Waals surface area contributed by atoms with Gasteiger partial charge in [-0.2, -0.15) is 0 Å². The fourth-order valence-electron chi connectivity index (χ4n) is 4.17. The molecule has 0 radical (unpaired) electrons. The highest BCUT2D eigenvalue weighted by Crippen LogP contribution is 2.37. The second kappa shape index (κ2) is 9.24. The maximum atomic E-state index is 10.4. The summed E-state index contributed by atoms with van der Waals surface area (Å²) in [6.45, 7) is -0.354. The van der Waals surface area contributed by atoms with Gasteiger partial charge in [0.15, 0.2) is 23.0 Å². The van der Waals surface area contributed by atoms with Gasteiger partial charge in [-0.1, -0.05) is 6.07 Å². The van der Waals surface area contributed by atoms with Crippen molar-refractivity contribution in [3.05, 3.63) is 53.9 Å².